The summed E-state index contributed by atoms with van der Waals surface area (Å²) in [6, 6.07) is 4.92. The van der Waals surface area contributed by atoms with Gasteiger partial charge in [0.1, 0.15) is 0 Å². The van der Waals surface area contributed by atoms with Crippen molar-refractivity contribution in [2.45, 2.75) is 37.1 Å². The van der Waals surface area contributed by atoms with Crippen molar-refractivity contribution in [3.05, 3.63) is 29.3 Å². The number of hydrogen-bond donors (Lipinski definition) is 1. The Kier molecular flexibility index (Phi) is 4.44. The van der Waals surface area contributed by atoms with Gasteiger partial charge in [0.2, 0.25) is 10.0 Å². The van der Waals surface area contributed by atoms with Gasteiger partial charge in [0.25, 0.3) is 5.91 Å². The lowest BCUT2D eigenvalue weighted by molar-refractivity contribution is 0.0372. The number of nitrogens with two attached hydrogens (primary N) is 1. The summed E-state index contributed by atoms with van der Waals surface area (Å²) in [6.45, 7) is 5.24. The number of carbonyl (C=O) groups is 1. The molecule has 2 aliphatic heterocycles. The number of hydrogen-bond acceptors (Lipinski definition) is 4. The van der Waals surface area contributed by atoms with Crippen LogP contribution in [0.15, 0.2) is 23.1 Å². The third-order valence-corrected chi connectivity index (χ3v) is 5.80. The molecule has 3 rings (SSSR count). The van der Waals surface area contributed by atoms with E-state index < -0.39 is 10.0 Å². The number of rotatable bonds is 2. The van der Waals surface area contributed by atoms with Gasteiger partial charge in [-0.15, -0.1) is 0 Å². The Morgan fingerprint density at radius 1 is 1.22 bits per heavy atom. The largest absolute Gasteiger partial charge is 0.336 e. The highest BCUT2D eigenvalue weighted by atomic mass is 32.2. The summed E-state index contributed by atoms with van der Waals surface area (Å²) in [7, 11) is -3.80. The first-order valence-electron chi connectivity index (χ1n) is 8.03. The third kappa shape index (κ3) is 3.41. The van der Waals surface area contributed by atoms with E-state index in [0.29, 0.717) is 18.2 Å². The number of amides is 1. The Hall–Kier alpha value is -1.44. The number of carbonyl (C=O) groups excluding carboxylic acids is 1. The van der Waals surface area contributed by atoms with Gasteiger partial charge in [0, 0.05) is 31.2 Å². The molecule has 0 aliphatic carbocycles. The van der Waals surface area contributed by atoms with Crippen molar-refractivity contribution in [3.8, 4) is 0 Å². The summed E-state index contributed by atoms with van der Waals surface area (Å²) < 4.78 is 23.1. The van der Waals surface area contributed by atoms with Gasteiger partial charge >= 0.3 is 0 Å². The summed E-state index contributed by atoms with van der Waals surface area (Å²) in [5, 5.41) is 5.18. The maximum absolute atomic E-state index is 12.8. The zero-order valence-corrected chi connectivity index (χ0v) is 14.2. The molecule has 2 saturated heterocycles. The number of piperidine rings is 1. The molecule has 1 aromatic rings. The van der Waals surface area contributed by atoms with Gasteiger partial charge < -0.3 is 4.90 Å². The van der Waals surface area contributed by atoms with Crippen LogP contribution < -0.4 is 5.14 Å². The molecule has 1 unspecified atom stereocenters. The van der Waals surface area contributed by atoms with Crippen LogP contribution in [-0.2, 0) is 10.0 Å². The number of sulfonamides is 1. The monoisotopic (exact) mass is 337 g/mol. The molecule has 0 aromatic heterocycles. The predicted molar refractivity (Wildman–Crippen MR) is 87.7 cm³/mol. The number of benzene rings is 1. The van der Waals surface area contributed by atoms with Gasteiger partial charge in [0.15, 0.2) is 0 Å². The molecule has 2 heterocycles. The lowest BCUT2D eigenvalue weighted by Crippen LogP contribution is -2.56. The maximum Gasteiger partial charge on any atom is 0.254 e. The van der Waals surface area contributed by atoms with Crippen LogP contribution in [0.2, 0.25) is 0 Å². The first kappa shape index (κ1) is 16.4. The molecule has 0 radical (unpaired) electrons. The van der Waals surface area contributed by atoms with E-state index in [0.717, 1.165) is 31.6 Å². The fourth-order valence-corrected chi connectivity index (χ4v) is 4.06. The summed E-state index contributed by atoms with van der Waals surface area (Å²) in [5.41, 5.74) is 1.20. The second-order valence-corrected chi connectivity index (χ2v) is 8.02. The summed E-state index contributed by atoms with van der Waals surface area (Å²) >= 11 is 0. The molecule has 126 valence electrons. The molecule has 7 heteroatoms. The molecule has 1 aromatic carbocycles. The van der Waals surface area contributed by atoms with Crippen molar-refractivity contribution in [1.29, 1.82) is 0 Å². The van der Waals surface area contributed by atoms with E-state index in [1.165, 1.54) is 25.0 Å². The minimum atomic E-state index is -3.80. The van der Waals surface area contributed by atoms with Gasteiger partial charge in [0.05, 0.1) is 4.90 Å². The van der Waals surface area contributed by atoms with Crippen LogP contribution in [0.25, 0.3) is 0 Å². The van der Waals surface area contributed by atoms with Crippen molar-refractivity contribution in [2.24, 2.45) is 5.14 Å². The van der Waals surface area contributed by atoms with Crippen molar-refractivity contribution in [3.63, 3.8) is 0 Å². The van der Waals surface area contributed by atoms with Crippen LogP contribution in [-0.4, -0.2) is 56.3 Å². The highest BCUT2D eigenvalue weighted by molar-refractivity contribution is 7.89. The molecule has 2 aliphatic rings. The van der Waals surface area contributed by atoms with E-state index in [-0.39, 0.29) is 10.8 Å². The number of primary sulfonamides is 1. The highest BCUT2D eigenvalue weighted by Crippen LogP contribution is 2.23. The highest BCUT2D eigenvalue weighted by Gasteiger charge is 2.32. The van der Waals surface area contributed by atoms with Crippen LogP contribution >= 0.6 is 0 Å². The van der Waals surface area contributed by atoms with E-state index >= 15 is 0 Å². The van der Waals surface area contributed by atoms with E-state index in [9.17, 15) is 13.2 Å². The standard InChI is InChI=1S/C16H23N3O3S/c1-12-5-6-14(23(17,21)22)10-15(12)16(20)19-9-8-18-7-3-2-4-13(18)11-19/h5-6,10,13H,2-4,7-9,11H2,1H3,(H2,17,21,22). The zero-order chi connectivity index (χ0) is 16.6. The molecular weight excluding hydrogens is 314 g/mol. The van der Waals surface area contributed by atoms with E-state index in [1.54, 1.807) is 6.07 Å². The van der Waals surface area contributed by atoms with Gasteiger partial charge in [-0.1, -0.05) is 12.5 Å². The lowest BCUT2D eigenvalue weighted by atomic mass is 9.98. The van der Waals surface area contributed by atoms with E-state index in [4.69, 9.17) is 5.14 Å². The minimum absolute atomic E-state index is 0.0113. The van der Waals surface area contributed by atoms with E-state index in [2.05, 4.69) is 4.90 Å². The second kappa shape index (κ2) is 6.22. The quantitative estimate of drug-likeness (QED) is 0.871. The van der Waals surface area contributed by atoms with Crippen LogP contribution in [0.3, 0.4) is 0 Å². The zero-order valence-electron chi connectivity index (χ0n) is 13.4. The Balaban J connectivity index is 1.83. The molecular formula is C16H23N3O3S. The topological polar surface area (TPSA) is 83.7 Å². The Morgan fingerprint density at radius 3 is 2.74 bits per heavy atom. The van der Waals surface area contributed by atoms with Crippen LogP contribution in [0.1, 0.15) is 35.2 Å². The first-order valence-corrected chi connectivity index (χ1v) is 9.57. The van der Waals surface area contributed by atoms with Crippen molar-refractivity contribution in [1.82, 2.24) is 9.80 Å². The molecule has 1 amide bonds. The lowest BCUT2D eigenvalue weighted by Gasteiger charge is -2.44. The maximum atomic E-state index is 12.8. The summed E-state index contributed by atoms with van der Waals surface area (Å²) in [5.74, 6) is -0.0989. The SMILES string of the molecule is Cc1ccc(S(N)(=O)=O)cc1C(=O)N1CCN2CCCCC2C1. The number of aryl methyl sites for hydroxylation is 1. The predicted octanol–water partition coefficient (Wildman–Crippen LogP) is 0.953. The smallest absolute Gasteiger partial charge is 0.254 e. The van der Waals surface area contributed by atoms with Crippen LogP contribution in [0.4, 0.5) is 0 Å². The molecule has 0 bridgehead atoms. The van der Waals surface area contributed by atoms with Crippen molar-refractivity contribution < 1.29 is 13.2 Å². The van der Waals surface area contributed by atoms with Crippen molar-refractivity contribution >= 4 is 15.9 Å². The normalized spacial score (nSPS) is 22.7. The minimum Gasteiger partial charge on any atom is -0.336 e. The van der Waals surface area contributed by atoms with Crippen LogP contribution in [0, 0.1) is 6.92 Å². The van der Waals surface area contributed by atoms with Gasteiger partial charge in [-0.05, 0) is 44.0 Å². The number of fused-ring (bicyclic) bond motifs is 1. The van der Waals surface area contributed by atoms with Crippen molar-refractivity contribution in [2.75, 3.05) is 26.2 Å². The molecule has 0 spiro atoms. The van der Waals surface area contributed by atoms with Crippen LogP contribution in [0.5, 0.6) is 0 Å². The molecule has 1 atom stereocenters. The van der Waals surface area contributed by atoms with E-state index in [1.807, 2.05) is 11.8 Å². The molecule has 23 heavy (non-hydrogen) atoms. The summed E-state index contributed by atoms with van der Waals surface area (Å²) in [6.07, 6.45) is 3.57. The third-order valence-electron chi connectivity index (χ3n) is 4.89. The Labute approximate surface area is 137 Å². The fourth-order valence-electron chi connectivity index (χ4n) is 3.52. The Bertz CT molecular complexity index is 717. The average Bonchev–Trinajstić information content (AvgIpc) is 2.53. The molecule has 0 saturated carbocycles. The Morgan fingerprint density at radius 2 is 2.00 bits per heavy atom. The summed E-state index contributed by atoms with van der Waals surface area (Å²) in [4.78, 5) is 17.1. The number of nitrogens with zero attached hydrogens (tertiary/aromatic N) is 2. The first-order chi connectivity index (χ1) is 10.9. The van der Waals surface area contributed by atoms with Gasteiger partial charge in [-0.25, -0.2) is 13.6 Å². The molecule has 2 fully saturated rings. The molecule has 2 N–H and O–H groups in total. The van der Waals surface area contributed by atoms with Gasteiger partial charge in [-0.2, -0.15) is 0 Å². The number of piperazine rings is 1. The average molecular weight is 337 g/mol. The second-order valence-electron chi connectivity index (χ2n) is 6.46. The molecule has 6 nitrogen and oxygen atoms in total. The fraction of sp³-hybridized carbons (Fsp3) is 0.562. The van der Waals surface area contributed by atoms with Gasteiger partial charge in [-0.3, -0.25) is 9.69 Å².